The van der Waals surface area contributed by atoms with Gasteiger partial charge in [-0.15, -0.1) is 0 Å². The van der Waals surface area contributed by atoms with Crippen LogP contribution in [0.2, 0.25) is 0 Å². The summed E-state index contributed by atoms with van der Waals surface area (Å²) < 4.78 is 0. The fourth-order valence-electron chi connectivity index (χ4n) is 1.30. The summed E-state index contributed by atoms with van der Waals surface area (Å²) in [5, 5.41) is 2.58. The van der Waals surface area contributed by atoms with Crippen LogP contribution >= 0.6 is 0 Å². The first-order valence-corrected chi connectivity index (χ1v) is 5.43. The van der Waals surface area contributed by atoms with E-state index >= 15 is 0 Å². The minimum absolute atomic E-state index is 0.0201. The zero-order valence-electron chi connectivity index (χ0n) is 9.51. The quantitative estimate of drug-likeness (QED) is 0.198. The highest BCUT2D eigenvalue weighted by Crippen LogP contribution is 2.04. The van der Waals surface area contributed by atoms with Crippen LogP contribution < -0.4 is 16.6 Å². The van der Waals surface area contributed by atoms with Gasteiger partial charge in [0.15, 0.2) is 0 Å². The molecule has 0 rings (SSSR count). The van der Waals surface area contributed by atoms with Gasteiger partial charge in [0.25, 0.3) is 0 Å². The molecule has 0 aliphatic rings. The van der Waals surface area contributed by atoms with Crippen LogP contribution in [0.15, 0.2) is 0 Å². The van der Waals surface area contributed by atoms with Crippen molar-refractivity contribution in [2.45, 2.75) is 52.0 Å². The predicted octanol–water partition coefficient (Wildman–Crippen LogP) is 0.451. The Morgan fingerprint density at radius 1 is 1.20 bits per heavy atom. The van der Waals surface area contributed by atoms with Crippen molar-refractivity contribution >= 4 is 11.8 Å². The van der Waals surface area contributed by atoms with E-state index in [2.05, 4.69) is 12.2 Å². The molecule has 0 aromatic carbocycles. The molecular formula is C10H21N3O2. The van der Waals surface area contributed by atoms with E-state index in [1.807, 2.05) is 6.92 Å². The van der Waals surface area contributed by atoms with Gasteiger partial charge in [-0.3, -0.25) is 15.0 Å². The SMILES string of the molecule is CCCCCCC(C)NC(=O)C(=O)NN. The Hall–Kier alpha value is -1.10. The van der Waals surface area contributed by atoms with E-state index in [0.717, 1.165) is 12.8 Å². The fraction of sp³-hybridized carbons (Fsp3) is 0.800. The van der Waals surface area contributed by atoms with E-state index in [1.165, 1.54) is 19.3 Å². The summed E-state index contributed by atoms with van der Waals surface area (Å²) in [5.74, 6) is 3.37. The number of nitrogens with one attached hydrogen (secondary N) is 2. The highest BCUT2D eigenvalue weighted by molar-refractivity contribution is 6.34. The Morgan fingerprint density at radius 3 is 2.40 bits per heavy atom. The largest absolute Gasteiger partial charge is 0.345 e. The number of hydrazine groups is 1. The number of carbonyl (C=O) groups is 2. The van der Waals surface area contributed by atoms with Crippen LogP contribution in [-0.4, -0.2) is 17.9 Å². The van der Waals surface area contributed by atoms with E-state index in [0.29, 0.717) is 0 Å². The number of carbonyl (C=O) groups excluding carboxylic acids is 2. The topological polar surface area (TPSA) is 84.2 Å². The monoisotopic (exact) mass is 215 g/mol. The highest BCUT2D eigenvalue weighted by Gasteiger charge is 2.13. The molecule has 0 heterocycles. The van der Waals surface area contributed by atoms with E-state index < -0.39 is 11.8 Å². The predicted molar refractivity (Wildman–Crippen MR) is 58.7 cm³/mol. The fourth-order valence-corrected chi connectivity index (χ4v) is 1.30. The second-order valence-corrected chi connectivity index (χ2v) is 3.70. The third-order valence-corrected chi connectivity index (χ3v) is 2.21. The average Bonchev–Trinajstić information content (AvgIpc) is 2.23. The lowest BCUT2D eigenvalue weighted by molar-refractivity contribution is -0.139. The van der Waals surface area contributed by atoms with Crippen LogP contribution in [0.1, 0.15) is 46.0 Å². The van der Waals surface area contributed by atoms with Crippen LogP contribution in [0.3, 0.4) is 0 Å². The van der Waals surface area contributed by atoms with Gasteiger partial charge in [-0.25, -0.2) is 5.84 Å². The Kier molecular flexibility index (Phi) is 7.62. The number of nitrogens with two attached hydrogens (primary N) is 1. The first-order valence-electron chi connectivity index (χ1n) is 5.43. The van der Waals surface area contributed by atoms with Gasteiger partial charge in [0, 0.05) is 6.04 Å². The summed E-state index contributed by atoms with van der Waals surface area (Å²) in [6, 6.07) is 0.0201. The second-order valence-electron chi connectivity index (χ2n) is 3.70. The van der Waals surface area contributed by atoms with Crippen LogP contribution in [0.4, 0.5) is 0 Å². The van der Waals surface area contributed by atoms with Crippen LogP contribution in [-0.2, 0) is 9.59 Å². The first-order chi connectivity index (χ1) is 7.11. The molecule has 5 nitrogen and oxygen atoms in total. The summed E-state index contributed by atoms with van der Waals surface area (Å²) in [5.41, 5.74) is 1.80. The number of rotatable bonds is 6. The molecule has 0 spiro atoms. The molecule has 0 saturated carbocycles. The Labute approximate surface area is 90.8 Å². The standard InChI is InChI=1S/C10H21N3O2/c1-3-4-5-6-7-8(2)12-9(14)10(15)13-11/h8H,3-7,11H2,1-2H3,(H,12,14)(H,13,15). The lowest BCUT2D eigenvalue weighted by Crippen LogP contribution is -2.46. The molecule has 0 aromatic rings. The van der Waals surface area contributed by atoms with Gasteiger partial charge in [-0.05, 0) is 13.3 Å². The molecule has 2 amide bonds. The molecule has 0 aliphatic carbocycles. The number of amides is 2. The van der Waals surface area contributed by atoms with Crippen molar-refractivity contribution in [3.05, 3.63) is 0 Å². The normalized spacial score (nSPS) is 11.9. The summed E-state index contributed by atoms with van der Waals surface area (Å²) >= 11 is 0. The third-order valence-electron chi connectivity index (χ3n) is 2.21. The van der Waals surface area contributed by atoms with Crippen molar-refractivity contribution in [2.24, 2.45) is 5.84 Å². The summed E-state index contributed by atoms with van der Waals surface area (Å²) in [7, 11) is 0. The Morgan fingerprint density at radius 2 is 1.87 bits per heavy atom. The zero-order chi connectivity index (χ0) is 11.7. The van der Waals surface area contributed by atoms with E-state index in [1.54, 1.807) is 5.43 Å². The maximum atomic E-state index is 11.1. The van der Waals surface area contributed by atoms with Crippen molar-refractivity contribution in [1.29, 1.82) is 0 Å². The molecule has 15 heavy (non-hydrogen) atoms. The van der Waals surface area contributed by atoms with E-state index in [4.69, 9.17) is 5.84 Å². The van der Waals surface area contributed by atoms with Gasteiger partial charge in [0.1, 0.15) is 0 Å². The van der Waals surface area contributed by atoms with Crippen molar-refractivity contribution in [2.75, 3.05) is 0 Å². The van der Waals surface area contributed by atoms with Gasteiger partial charge < -0.3 is 5.32 Å². The molecule has 4 N–H and O–H groups in total. The maximum absolute atomic E-state index is 11.1. The smallest absolute Gasteiger partial charge is 0.323 e. The maximum Gasteiger partial charge on any atom is 0.323 e. The second kappa shape index (κ2) is 8.23. The van der Waals surface area contributed by atoms with Crippen molar-refractivity contribution < 1.29 is 9.59 Å². The molecule has 0 radical (unpaired) electrons. The summed E-state index contributed by atoms with van der Waals surface area (Å²) in [6.07, 6.45) is 5.53. The van der Waals surface area contributed by atoms with Crippen molar-refractivity contribution in [3.8, 4) is 0 Å². The zero-order valence-corrected chi connectivity index (χ0v) is 9.51. The van der Waals surface area contributed by atoms with Gasteiger partial charge in [0.05, 0.1) is 0 Å². The number of unbranched alkanes of at least 4 members (excludes halogenated alkanes) is 3. The van der Waals surface area contributed by atoms with E-state index in [-0.39, 0.29) is 6.04 Å². The minimum atomic E-state index is -0.796. The van der Waals surface area contributed by atoms with Crippen LogP contribution in [0.25, 0.3) is 0 Å². The van der Waals surface area contributed by atoms with Gasteiger partial charge in [0.2, 0.25) is 0 Å². The number of hydrogen-bond donors (Lipinski definition) is 3. The third kappa shape index (κ3) is 6.90. The van der Waals surface area contributed by atoms with E-state index in [9.17, 15) is 9.59 Å². The lowest BCUT2D eigenvalue weighted by atomic mass is 10.1. The van der Waals surface area contributed by atoms with Crippen molar-refractivity contribution in [1.82, 2.24) is 10.7 Å². The van der Waals surface area contributed by atoms with Crippen LogP contribution in [0.5, 0.6) is 0 Å². The van der Waals surface area contributed by atoms with Gasteiger partial charge >= 0.3 is 11.8 Å². The molecular weight excluding hydrogens is 194 g/mol. The molecule has 0 bridgehead atoms. The first kappa shape index (κ1) is 13.9. The van der Waals surface area contributed by atoms with Gasteiger partial charge in [-0.2, -0.15) is 0 Å². The number of hydrogen-bond acceptors (Lipinski definition) is 3. The molecule has 88 valence electrons. The highest BCUT2D eigenvalue weighted by atomic mass is 16.2. The molecule has 0 aromatic heterocycles. The minimum Gasteiger partial charge on any atom is -0.345 e. The molecule has 0 aliphatic heterocycles. The Bertz CT molecular complexity index is 207. The van der Waals surface area contributed by atoms with Crippen LogP contribution in [0, 0.1) is 0 Å². The summed E-state index contributed by atoms with van der Waals surface area (Å²) in [6.45, 7) is 4.03. The van der Waals surface area contributed by atoms with Crippen molar-refractivity contribution in [3.63, 3.8) is 0 Å². The average molecular weight is 215 g/mol. The Balaban J connectivity index is 3.60. The molecule has 5 heteroatoms. The molecule has 1 atom stereocenters. The molecule has 0 saturated heterocycles. The summed E-state index contributed by atoms with van der Waals surface area (Å²) in [4.78, 5) is 21.8. The molecule has 0 fully saturated rings. The lowest BCUT2D eigenvalue weighted by Gasteiger charge is -2.12. The van der Waals surface area contributed by atoms with Gasteiger partial charge in [-0.1, -0.05) is 32.6 Å². The molecule has 1 unspecified atom stereocenters.